The normalized spacial score (nSPS) is 9.83. The number of aldehydes is 1. The van der Waals surface area contributed by atoms with Crippen LogP contribution in [-0.2, 0) is 0 Å². The van der Waals surface area contributed by atoms with Crippen LogP contribution in [0.4, 0.5) is 5.88 Å². The molecule has 1 heterocycles. The van der Waals surface area contributed by atoms with Crippen molar-refractivity contribution in [3.05, 3.63) is 17.9 Å². The lowest BCUT2D eigenvalue weighted by atomic mass is 10.4. The molecule has 0 fully saturated rings. The van der Waals surface area contributed by atoms with E-state index < -0.39 is 0 Å². The summed E-state index contributed by atoms with van der Waals surface area (Å²) in [6.07, 6.45) is 1.77. The highest BCUT2D eigenvalue weighted by molar-refractivity contribution is 5.71. The second-order valence-electron chi connectivity index (χ2n) is 2.72. The minimum atomic E-state index is 0.382. The average molecular weight is 167 g/mol. The Morgan fingerprint density at radius 2 is 2.33 bits per heavy atom. The van der Waals surface area contributed by atoms with Crippen molar-refractivity contribution in [3.8, 4) is 0 Å². The Morgan fingerprint density at radius 1 is 1.58 bits per heavy atom. The molecule has 0 radical (unpaired) electrons. The summed E-state index contributed by atoms with van der Waals surface area (Å²) in [4.78, 5) is 12.3. The molecule has 0 spiro atoms. The molecule has 0 unspecified atom stereocenters. The zero-order chi connectivity index (χ0) is 8.97. The van der Waals surface area contributed by atoms with Crippen molar-refractivity contribution in [1.29, 1.82) is 0 Å². The Hall–Kier alpha value is -1.25. The Labute approximate surface area is 72.0 Å². The van der Waals surface area contributed by atoms with Gasteiger partial charge in [0.2, 0.25) is 0 Å². The highest BCUT2D eigenvalue weighted by Crippen LogP contribution is 2.15. The van der Waals surface area contributed by atoms with Gasteiger partial charge in [0.25, 0.3) is 0 Å². The Kier molecular flexibility index (Phi) is 2.91. The minimum absolute atomic E-state index is 0.382. The van der Waals surface area contributed by atoms with Crippen LogP contribution < -0.4 is 4.90 Å². The molecule has 0 saturated carbocycles. The number of furan rings is 1. The van der Waals surface area contributed by atoms with Gasteiger partial charge in [-0.1, -0.05) is 6.92 Å². The number of hydrogen-bond donors (Lipinski definition) is 0. The number of rotatable bonds is 4. The molecule has 0 amide bonds. The van der Waals surface area contributed by atoms with Crippen molar-refractivity contribution < 1.29 is 9.21 Å². The first-order chi connectivity index (χ1) is 5.77. The molecule has 0 atom stereocenters. The van der Waals surface area contributed by atoms with E-state index in [0.29, 0.717) is 12.0 Å². The van der Waals surface area contributed by atoms with Crippen molar-refractivity contribution in [2.75, 3.05) is 18.5 Å². The van der Waals surface area contributed by atoms with Crippen LogP contribution in [0.2, 0.25) is 0 Å². The lowest BCUT2D eigenvalue weighted by molar-refractivity contribution is 0.110. The van der Waals surface area contributed by atoms with Crippen molar-refractivity contribution in [3.63, 3.8) is 0 Å². The third kappa shape index (κ3) is 1.87. The predicted molar refractivity (Wildman–Crippen MR) is 47.7 cm³/mol. The third-order valence-electron chi connectivity index (χ3n) is 1.66. The first-order valence-corrected chi connectivity index (χ1v) is 4.04. The lowest BCUT2D eigenvalue weighted by Crippen LogP contribution is -2.16. The van der Waals surface area contributed by atoms with Gasteiger partial charge in [-0.15, -0.1) is 0 Å². The highest BCUT2D eigenvalue weighted by atomic mass is 16.4. The first-order valence-electron chi connectivity index (χ1n) is 4.04. The first kappa shape index (κ1) is 8.84. The predicted octanol–water partition coefficient (Wildman–Crippen LogP) is 1.94. The van der Waals surface area contributed by atoms with Crippen molar-refractivity contribution in [2.24, 2.45) is 0 Å². The van der Waals surface area contributed by atoms with Crippen molar-refractivity contribution in [1.82, 2.24) is 0 Å². The molecule has 0 saturated heterocycles. The monoisotopic (exact) mass is 167 g/mol. The van der Waals surface area contributed by atoms with Crippen molar-refractivity contribution >= 4 is 12.2 Å². The van der Waals surface area contributed by atoms with Gasteiger partial charge in [0.05, 0.1) is 0 Å². The average Bonchev–Trinajstić information content (AvgIpc) is 2.52. The second kappa shape index (κ2) is 3.95. The van der Waals surface area contributed by atoms with Gasteiger partial charge in [0.1, 0.15) is 0 Å². The van der Waals surface area contributed by atoms with Gasteiger partial charge in [-0.25, -0.2) is 0 Å². The summed E-state index contributed by atoms with van der Waals surface area (Å²) in [6.45, 7) is 3.03. The van der Waals surface area contributed by atoms with E-state index in [9.17, 15) is 4.79 Å². The van der Waals surface area contributed by atoms with Crippen molar-refractivity contribution in [2.45, 2.75) is 13.3 Å². The fraction of sp³-hybridized carbons (Fsp3) is 0.444. The molecule has 3 heteroatoms. The molecule has 1 aromatic rings. The summed E-state index contributed by atoms with van der Waals surface area (Å²) in [7, 11) is 1.94. The van der Waals surface area contributed by atoms with E-state index in [2.05, 4.69) is 6.92 Å². The van der Waals surface area contributed by atoms with Gasteiger partial charge in [0, 0.05) is 19.7 Å². The summed E-state index contributed by atoms with van der Waals surface area (Å²) in [5.74, 6) is 1.13. The topological polar surface area (TPSA) is 33.5 Å². The molecular formula is C9H13NO2. The fourth-order valence-corrected chi connectivity index (χ4v) is 1.06. The van der Waals surface area contributed by atoms with E-state index in [1.807, 2.05) is 11.9 Å². The van der Waals surface area contributed by atoms with E-state index >= 15 is 0 Å². The molecular weight excluding hydrogens is 154 g/mol. The molecule has 1 rings (SSSR count). The maximum atomic E-state index is 10.3. The molecule has 0 N–H and O–H groups in total. The summed E-state index contributed by atoms with van der Waals surface area (Å²) in [5, 5.41) is 0. The molecule has 66 valence electrons. The van der Waals surface area contributed by atoms with Gasteiger partial charge in [-0.3, -0.25) is 4.79 Å². The van der Waals surface area contributed by atoms with Gasteiger partial charge < -0.3 is 9.32 Å². The Morgan fingerprint density at radius 3 is 2.83 bits per heavy atom. The molecule has 0 aromatic carbocycles. The third-order valence-corrected chi connectivity index (χ3v) is 1.66. The highest BCUT2D eigenvalue weighted by Gasteiger charge is 2.04. The van der Waals surface area contributed by atoms with E-state index in [1.165, 1.54) is 0 Å². The van der Waals surface area contributed by atoms with Crippen LogP contribution in [0, 0.1) is 0 Å². The fourth-order valence-electron chi connectivity index (χ4n) is 1.06. The van der Waals surface area contributed by atoms with E-state index in [4.69, 9.17) is 4.42 Å². The number of hydrogen-bond acceptors (Lipinski definition) is 3. The summed E-state index contributed by atoms with van der Waals surface area (Å²) < 4.78 is 5.20. The number of carbonyl (C=O) groups excluding carboxylic acids is 1. The molecule has 0 aliphatic heterocycles. The molecule has 12 heavy (non-hydrogen) atoms. The largest absolute Gasteiger partial charge is 0.438 e. The molecule has 0 bridgehead atoms. The molecule has 3 nitrogen and oxygen atoms in total. The maximum Gasteiger partial charge on any atom is 0.196 e. The summed E-state index contributed by atoms with van der Waals surface area (Å²) in [5.41, 5.74) is 0. The van der Waals surface area contributed by atoms with Gasteiger partial charge >= 0.3 is 0 Å². The number of nitrogens with zero attached hydrogens (tertiary/aromatic N) is 1. The summed E-state index contributed by atoms with van der Waals surface area (Å²) in [6, 6.07) is 3.48. The van der Waals surface area contributed by atoms with Crippen LogP contribution in [0.15, 0.2) is 16.5 Å². The van der Waals surface area contributed by atoms with Gasteiger partial charge in [-0.2, -0.15) is 0 Å². The zero-order valence-electron chi connectivity index (χ0n) is 7.41. The Balaban J connectivity index is 2.67. The van der Waals surface area contributed by atoms with Gasteiger partial charge in [0.15, 0.2) is 17.9 Å². The van der Waals surface area contributed by atoms with E-state index in [1.54, 1.807) is 12.1 Å². The van der Waals surface area contributed by atoms with Crippen LogP contribution in [-0.4, -0.2) is 19.9 Å². The molecule has 0 aliphatic rings. The SMILES string of the molecule is CCCN(C)c1ccc(C=O)o1. The molecule has 1 aromatic heterocycles. The second-order valence-corrected chi connectivity index (χ2v) is 2.72. The number of carbonyl (C=O) groups is 1. The molecule has 0 aliphatic carbocycles. The van der Waals surface area contributed by atoms with E-state index in [-0.39, 0.29) is 0 Å². The number of anilines is 1. The standard InChI is InChI=1S/C9H13NO2/c1-3-6-10(2)9-5-4-8(7-11)12-9/h4-5,7H,3,6H2,1-2H3. The summed E-state index contributed by atoms with van der Waals surface area (Å²) >= 11 is 0. The Bertz CT molecular complexity index is 255. The van der Waals surface area contributed by atoms with E-state index in [0.717, 1.165) is 18.8 Å². The van der Waals surface area contributed by atoms with Crippen LogP contribution in [0.1, 0.15) is 23.9 Å². The lowest BCUT2D eigenvalue weighted by Gasteiger charge is -2.13. The zero-order valence-corrected chi connectivity index (χ0v) is 7.41. The van der Waals surface area contributed by atoms with Crippen LogP contribution >= 0.6 is 0 Å². The minimum Gasteiger partial charge on any atom is -0.438 e. The van der Waals surface area contributed by atoms with Gasteiger partial charge in [-0.05, 0) is 12.5 Å². The van der Waals surface area contributed by atoms with Crippen LogP contribution in [0.5, 0.6) is 0 Å². The maximum absolute atomic E-state index is 10.3. The quantitative estimate of drug-likeness (QED) is 0.642. The smallest absolute Gasteiger partial charge is 0.196 e. The van der Waals surface area contributed by atoms with Crippen LogP contribution in [0.25, 0.3) is 0 Å². The van der Waals surface area contributed by atoms with Crippen LogP contribution in [0.3, 0.4) is 0 Å².